The molecule has 1 heterocycles. The van der Waals surface area contributed by atoms with Crippen LogP contribution in [-0.4, -0.2) is 42.3 Å². The van der Waals surface area contributed by atoms with Crippen LogP contribution in [0.4, 0.5) is 17.1 Å². The van der Waals surface area contributed by atoms with E-state index in [4.69, 9.17) is 9.47 Å². The Kier molecular flexibility index (Phi) is 5.75. The van der Waals surface area contributed by atoms with E-state index in [1.165, 1.54) is 43.5 Å². The molecule has 2 bridgehead atoms. The zero-order valence-electron chi connectivity index (χ0n) is 19.1. The molecular weight excluding hydrogens is 470 g/mol. The summed E-state index contributed by atoms with van der Waals surface area (Å²) in [6.45, 7) is -0.710. The van der Waals surface area contributed by atoms with Gasteiger partial charge in [-0.25, -0.2) is 9.69 Å². The first kappa shape index (κ1) is 23.2. The Bertz CT molecular complexity index is 1310. The lowest BCUT2D eigenvalue weighted by Crippen LogP contribution is -2.33. The van der Waals surface area contributed by atoms with Gasteiger partial charge < -0.3 is 14.8 Å². The van der Waals surface area contributed by atoms with Gasteiger partial charge in [-0.3, -0.25) is 24.5 Å². The van der Waals surface area contributed by atoms with Crippen LogP contribution in [0, 0.1) is 33.8 Å². The molecule has 1 saturated carbocycles. The van der Waals surface area contributed by atoms with Crippen molar-refractivity contribution in [1.82, 2.24) is 0 Å². The number of carbonyl (C=O) groups excluding carboxylic acids is 4. The summed E-state index contributed by atoms with van der Waals surface area (Å²) < 4.78 is 10.1. The number of amides is 3. The lowest BCUT2D eigenvalue weighted by atomic mass is 9.85. The van der Waals surface area contributed by atoms with E-state index in [0.717, 1.165) is 11.3 Å². The summed E-state index contributed by atoms with van der Waals surface area (Å²) in [5.41, 5.74) is -0.143. The first-order valence-electron chi connectivity index (χ1n) is 11.2. The predicted octanol–water partition coefficient (Wildman–Crippen LogP) is 2.71. The molecule has 2 fully saturated rings. The molecule has 2 aliphatic carbocycles. The minimum absolute atomic E-state index is 0.0476. The van der Waals surface area contributed by atoms with Crippen molar-refractivity contribution in [3.8, 4) is 5.75 Å². The van der Waals surface area contributed by atoms with Gasteiger partial charge in [-0.15, -0.1) is 0 Å². The number of methoxy groups -OCH3 is 1. The Morgan fingerprint density at radius 3 is 2.42 bits per heavy atom. The number of allylic oxidation sites excluding steroid dienone is 2. The molecule has 4 atom stereocenters. The molecule has 3 amide bonds. The van der Waals surface area contributed by atoms with Crippen LogP contribution in [0.3, 0.4) is 0 Å². The first-order valence-corrected chi connectivity index (χ1v) is 11.2. The first-order chi connectivity index (χ1) is 17.3. The van der Waals surface area contributed by atoms with Crippen molar-refractivity contribution in [2.24, 2.45) is 23.7 Å². The van der Waals surface area contributed by atoms with Crippen LogP contribution >= 0.6 is 0 Å². The summed E-state index contributed by atoms with van der Waals surface area (Å²) in [5, 5.41) is 13.6. The number of fused-ring (bicyclic) bond motifs is 5. The quantitative estimate of drug-likeness (QED) is 0.205. The fourth-order valence-corrected chi connectivity index (χ4v) is 5.23. The maximum Gasteiger partial charge on any atom is 0.338 e. The molecule has 1 N–H and O–H groups in total. The van der Waals surface area contributed by atoms with E-state index in [-0.39, 0.29) is 58.1 Å². The lowest BCUT2D eigenvalue weighted by molar-refractivity contribution is -0.383. The van der Waals surface area contributed by atoms with Crippen molar-refractivity contribution >= 4 is 40.8 Å². The largest absolute Gasteiger partial charge is 0.497 e. The Morgan fingerprint density at radius 1 is 1.08 bits per heavy atom. The molecule has 5 rings (SSSR count). The number of nitrogens with zero attached hydrogens (tertiary/aromatic N) is 2. The van der Waals surface area contributed by atoms with Crippen molar-refractivity contribution in [2.45, 2.75) is 6.42 Å². The summed E-state index contributed by atoms with van der Waals surface area (Å²) in [6.07, 6.45) is 4.81. The molecule has 2 aromatic rings. The number of rotatable bonds is 7. The molecule has 0 unspecified atom stereocenters. The van der Waals surface area contributed by atoms with Crippen molar-refractivity contribution in [3.63, 3.8) is 0 Å². The average Bonchev–Trinajstić information content (AvgIpc) is 3.55. The Morgan fingerprint density at radius 2 is 1.78 bits per heavy atom. The highest BCUT2D eigenvalue weighted by Gasteiger charge is 2.59. The van der Waals surface area contributed by atoms with Crippen molar-refractivity contribution in [1.29, 1.82) is 0 Å². The zero-order valence-corrected chi connectivity index (χ0v) is 19.1. The second-order valence-electron chi connectivity index (χ2n) is 8.83. The van der Waals surface area contributed by atoms with E-state index in [1.807, 2.05) is 12.2 Å². The van der Waals surface area contributed by atoms with E-state index < -0.39 is 23.4 Å². The van der Waals surface area contributed by atoms with E-state index in [1.54, 1.807) is 6.07 Å². The Balaban J connectivity index is 1.25. The fourth-order valence-electron chi connectivity index (χ4n) is 5.23. The van der Waals surface area contributed by atoms with Crippen LogP contribution < -0.4 is 15.0 Å². The number of carbonyl (C=O) groups is 4. The number of nitro groups is 1. The lowest BCUT2D eigenvalue weighted by Gasteiger charge is -2.18. The van der Waals surface area contributed by atoms with E-state index >= 15 is 0 Å². The third-order valence-electron chi connectivity index (χ3n) is 6.82. The van der Waals surface area contributed by atoms with Crippen molar-refractivity contribution in [3.05, 3.63) is 70.3 Å². The van der Waals surface area contributed by atoms with Gasteiger partial charge in [0, 0.05) is 12.1 Å². The van der Waals surface area contributed by atoms with Gasteiger partial charge in [0.1, 0.15) is 11.4 Å². The van der Waals surface area contributed by atoms with Gasteiger partial charge in [-0.2, -0.15) is 0 Å². The highest BCUT2D eigenvalue weighted by atomic mass is 16.6. The minimum Gasteiger partial charge on any atom is -0.497 e. The predicted molar refractivity (Wildman–Crippen MR) is 125 cm³/mol. The average molecular weight is 491 g/mol. The second-order valence-corrected chi connectivity index (χ2v) is 8.83. The summed E-state index contributed by atoms with van der Waals surface area (Å²) in [6, 6.07) is 9.74. The number of esters is 1. The molecule has 1 saturated heterocycles. The zero-order chi connectivity index (χ0) is 25.6. The van der Waals surface area contributed by atoms with Crippen molar-refractivity contribution in [2.75, 3.05) is 23.9 Å². The molecule has 36 heavy (non-hydrogen) atoms. The maximum atomic E-state index is 13.0. The van der Waals surface area contributed by atoms with Crippen molar-refractivity contribution < 1.29 is 33.6 Å². The number of nitro benzene ring substituents is 1. The maximum absolute atomic E-state index is 13.0. The van der Waals surface area contributed by atoms with Crippen LogP contribution in [0.1, 0.15) is 16.8 Å². The van der Waals surface area contributed by atoms with Gasteiger partial charge >= 0.3 is 5.97 Å². The van der Waals surface area contributed by atoms with Gasteiger partial charge in [-0.05, 0) is 42.5 Å². The van der Waals surface area contributed by atoms with Crippen LogP contribution in [0.25, 0.3) is 0 Å². The SMILES string of the molecule is COc1ccc([N+](=O)[O-])c(NC(=O)COC(=O)c2cccc(N3C(=O)[C@@H]4[C@@H](C3=O)[C@H]3C=C[C@H]4C3)c2)c1. The summed E-state index contributed by atoms with van der Waals surface area (Å²) in [7, 11) is 1.37. The molecule has 0 spiro atoms. The number of anilines is 2. The molecule has 2 aromatic carbocycles. The smallest absolute Gasteiger partial charge is 0.338 e. The molecule has 184 valence electrons. The molecule has 0 radical (unpaired) electrons. The van der Waals surface area contributed by atoms with Crippen LogP contribution in [0.5, 0.6) is 5.75 Å². The van der Waals surface area contributed by atoms with Gasteiger partial charge in [0.05, 0.1) is 35.1 Å². The van der Waals surface area contributed by atoms with E-state index in [9.17, 15) is 29.3 Å². The fraction of sp³-hybridized carbons (Fsp3) is 0.280. The van der Waals surface area contributed by atoms with E-state index in [0.29, 0.717) is 5.75 Å². The molecular formula is C25H21N3O8. The van der Waals surface area contributed by atoms with Crippen LogP contribution in [-0.2, 0) is 19.1 Å². The molecule has 1 aliphatic heterocycles. The highest BCUT2D eigenvalue weighted by Crippen LogP contribution is 2.53. The van der Waals surface area contributed by atoms with Gasteiger partial charge in [0.25, 0.3) is 11.6 Å². The normalized spacial score (nSPS) is 23.5. The van der Waals surface area contributed by atoms with Gasteiger partial charge in [0.15, 0.2) is 6.61 Å². The number of hydrogen-bond donors (Lipinski definition) is 1. The number of nitrogens with one attached hydrogen (secondary N) is 1. The number of benzene rings is 2. The topological polar surface area (TPSA) is 145 Å². The van der Waals surface area contributed by atoms with Gasteiger partial charge in [-0.1, -0.05) is 18.2 Å². The molecule has 11 heteroatoms. The Labute approximate surface area is 204 Å². The third-order valence-corrected chi connectivity index (χ3v) is 6.82. The Hall–Kier alpha value is -4.54. The third kappa shape index (κ3) is 3.88. The summed E-state index contributed by atoms with van der Waals surface area (Å²) >= 11 is 0. The summed E-state index contributed by atoms with van der Waals surface area (Å²) in [4.78, 5) is 62.6. The minimum atomic E-state index is -0.854. The highest BCUT2D eigenvalue weighted by molar-refractivity contribution is 6.23. The monoisotopic (exact) mass is 491 g/mol. The van der Waals surface area contributed by atoms with Crippen LogP contribution in [0.2, 0.25) is 0 Å². The number of hydrogen-bond acceptors (Lipinski definition) is 8. The summed E-state index contributed by atoms with van der Waals surface area (Å²) in [5.74, 6) is -2.51. The van der Waals surface area contributed by atoms with Gasteiger partial charge in [0.2, 0.25) is 11.8 Å². The number of ether oxygens (including phenoxy) is 2. The van der Waals surface area contributed by atoms with Crippen LogP contribution in [0.15, 0.2) is 54.6 Å². The molecule has 3 aliphatic rings. The molecule has 0 aromatic heterocycles. The second kappa shape index (κ2) is 8.91. The standard InChI is InChI=1S/C25H21N3O8/c1-35-17-7-8-19(28(33)34)18(11-17)26-20(29)12-36-25(32)15-3-2-4-16(10-15)27-23(30)21-13-5-6-14(9-13)22(21)24(27)31/h2-8,10-11,13-14,21-22H,9,12H2,1H3,(H,26,29)/t13-,14-,21-,22-/m0/s1. The molecule has 11 nitrogen and oxygen atoms in total. The number of imide groups is 1. The van der Waals surface area contributed by atoms with E-state index in [2.05, 4.69) is 5.32 Å².